The molecule has 7 nitrogen and oxygen atoms in total. The van der Waals surface area contributed by atoms with E-state index in [4.69, 9.17) is 0 Å². The molecule has 0 aliphatic heterocycles. The quantitative estimate of drug-likeness (QED) is 0.487. The number of thioether (sulfide) groups is 1. The van der Waals surface area contributed by atoms with Gasteiger partial charge in [0.2, 0.25) is 0 Å². The summed E-state index contributed by atoms with van der Waals surface area (Å²) in [6.07, 6.45) is 4.73. The van der Waals surface area contributed by atoms with Crippen LogP contribution >= 0.6 is 11.8 Å². The molecule has 19 heavy (non-hydrogen) atoms. The van der Waals surface area contributed by atoms with Gasteiger partial charge in [0.1, 0.15) is 6.33 Å². The summed E-state index contributed by atoms with van der Waals surface area (Å²) in [4.78, 5) is 15.6. The topological polar surface area (TPSA) is 85.1 Å². The number of carbonyl (C=O) groups is 1. The molecule has 0 unspecified atom stereocenters. The van der Waals surface area contributed by atoms with E-state index in [1.807, 2.05) is 19.2 Å². The van der Waals surface area contributed by atoms with E-state index in [0.717, 1.165) is 0 Å². The fourth-order valence-corrected chi connectivity index (χ4v) is 1.87. The number of nitrogens with zero attached hydrogens (tertiary/aromatic N) is 5. The lowest BCUT2D eigenvalue weighted by molar-refractivity contribution is -0.118. The highest BCUT2D eigenvalue weighted by Crippen LogP contribution is 2.12. The number of hydrogen-bond donors (Lipinski definition) is 1. The van der Waals surface area contributed by atoms with Crippen LogP contribution in [-0.2, 0) is 11.8 Å². The molecule has 98 valence electrons. The zero-order valence-electron chi connectivity index (χ0n) is 10.2. The highest BCUT2D eigenvalue weighted by atomic mass is 32.2. The Labute approximate surface area is 114 Å². The largest absolute Gasteiger partial charge is 0.312 e. The zero-order chi connectivity index (χ0) is 13.5. The van der Waals surface area contributed by atoms with Crippen molar-refractivity contribution in [3.8, 4) is 0 Å². The minimum absolute atomic E-state index is 0.208. The molecule has 0 bridgehead atoms. The molecule has 0 saturated carbocycles. The van der Waals surface area contributed by atoms with Crippen molar-refractivity contribution < 1.29 is 4.79 Å². The first-order valence-electron chi connectivity index (χ1n) is 5.45. The van der Waals surface area contributed by atoms with Gasteiger partial charge in [0.05, 0.1) is 17.7 Å². The summed E-state index contributed by atoms with van der Waals surface area (Å²) in [6, 6.07) is 5.46. The third-order valence-electron chi connectivity index (χ3n) is 2.08. The number of nitrogens with one attached hydrogen (secondary N) is 1. The van der Waals surface area contributed by atoms with Crippen LogP contribution < -0.4 is 5.43 Å². The Morgan fingerprint density at radius 3 is 3.16 bits per heavy atom. The van der Waals surface area contributed by atoms with Gasteiger partial charge in [0.25, 0.3) is 5.91 Å². The molecule has 1 amide bonds. The van der Waals surface area contributed by atoms with Crippen molar-refractivity contribution >= 4 is 23.9 Å². The maximum atomic E-state index is 11.5. The fraction of sp³-hybridized carbons (Fsp3) is 0.182. The molecule has 2 aromatic heterocycles. The molecule has 0 radical (unpaired) electrons. The van der Waals surface area contributed by atoms with Gasteiger partial charge in [-0.1, -0.05) is 17.8 Å². The van der Waals surface area contributed by atoms with Gasteiger partial charge in [-0.15, -0.1) is 10.2 Å². The second-order valence-electron chi connectivity index (χ2n) is 3.56. The molecule has 0 aliphatic carbocycles. The Kier molecular flexibility index (Phi) is 4.62. The SMILES string of the molecule is Cn1cnnc1SCC(=O)N/N=C\c1ccccn1. The summed E-state index contributed by atoms with van der Waals surface area (Å²) < 4.78 is 1.75. The smallest absolute Gasteiger partial charge is 0.250 e. The van der Waals surface area contributed by atoms with E-state index in [-0.39, 0.29) is 11.7 Å². The van der Waals surface area contributed by atoms with Crippen LogP contribution in [0.1, 0.15) is 5.69 Å². The van der Waals surface area contributed by atoms with E-state index in [0.29, 0.717) is 10.9 Å². The van der Waals surface area contributed by atoms with Crippen LogP contribution in [0.2, 0.25) is 0 Å². The third kappa shape index (κ3) is 4.18. The van der Waals surface area contributed by atoms with E-state index in [1.165, 1.54) is 18.0 Å². The molecule has 1 N–H and O–H groups in total. The number of hydrazone groups is 1. The number of rotatable bonds is 5. The van der Waals surface area contributed by atoms with E-state index >= 15 is 0 Å². The van der Waals surface area contributed by atoms with Gasteiger partial charge >= 0.3 is 0 Å². The summed E-state index contributed by atoms with van der Waals surface area (Å²) in [5.41, 5.74) is 3.11. The van der Waals surface area contributed by atoms with Gasteiger partial charge in [-0.25, -0.2) is 5.43 Å². The lowest BCUT2D eigenvalue weighted by Crippen LogP contribution is -2.20. The number of amides is 1. The monoisotopic (exact) mass is 276 g/mol. The highest BCUT2D eigenvalue weighted by molar-refractivity contribution is 7.99. The molecule has 0 aliphatic rings. The van der Waals surface area contributed by atoms with Crippen LogP contribution in [0.15, 0.2) is 41.0 Å². The van der Waals surface area contributed by atoms with Gasteiger partial charge in [0, 0.05) is 13.2 Å². The van der Waals surface area contributed by atoms with Gasteiger partial charge in [-0.05, 0) is 12.1 Å². The molecule has 0 atom stereocenters. The molecule has 0 fully saturated rings. The molecule has 2 aromatic rings. The van der Waals surface area contributed by atoms with Crippen molar-refractivity contribution in [2.24, 2.45) is 12.1 Å². The van der Waals surface area contributed by atoms with Crippen LogP contribution in [0.4, 0.5) is 0 Å². The second-order valence-corrected chi connectivity index (χ2v) is 4.50. The molecule has 8 heteroatoms. The first-order valence-corrected chi connectivity index (χ1v) is 6.44. The molecule has 2 rings (SSSR count). The minimum Gasteiger partial charge on any atom is -0.312 e. The summed E-state index contributed by atoms with van der Waals surface area (Å²) in [5, 5.41) is 12.1. The van der Waals surface area contributed by atoms with Gasteiger partial charge < -0.3 is 4.57 Å². The molecule has 0 aromatic carbocycles. The average molecular weight is 276 g/mol. The van der Waals surface area contributed by atoms with E-state index < -0.39 is 0 Å². The van der Waals surface area contributed by atoms with Crippen molar-refractivity contribution in [1.82, 2.24) is 25.2 Å². The summed E-state index contributed by atoms with van der Waals surface area (Å²) in [6.45, 7) is 0. The van der Waals surface area contributed by atoms with Crippen LogP contribution in [0.25, 0.3) is 0 Å². The Morgan fingerprint density at radius 1 is 1.58 bits per heavy atom. The lowest BCUT2D eigenvalue weighted by atomic mass is 10.4. The Morgan fingerprint density at radius 2 is 2.47 bits per heavy atom. The van der Waals surface area contributed by atoms with Crippen LogP contribution in [0.5, 0.6) is 0 Å². The molecule has 0 spiro atoms. The number of aryl methyl sites for hydroxylation is 1. The fourth-order valence-electron chi connectivity index (χ4n) is 1.19. The number of aromatic nitrogens is 4. The van der Waals surface area contributed by atoms with Crippen molar-refractivity contribution in [2.45, 2.75) is 5.16 Å². The third-order valence-corrected chi connectivity index (χ3v) is 3.11. The maximum absolute atomic E-state index is 11.5. The first kappa shape index (κ1) is 13.2. The second kappa shape index (κ2) is 6.64. The van der Waals surface area contributed by atoms with Crippen LogP contribution in [0.3, 0.4) is 0 Å². The standard InChI is InChI=1S/C11H12N6OS/c1-17-8-14-16-11(17)19-7-10(18)15-13-6-9-4-2-3-5-12-9/h2-6,8H,7H2,1H3,(H,15,18)/b13-6-. The predicted octanol–water partition coefficient (Wildman–Crippen LogP) is 0.452. The van der Waals surface area contributed by atoms with E-state index in [1.54, 1.807) is 23.2 Å². The van der Waals surface area contributed by atoms with Crippen LogP contribution in [-0.4, -0.2) is 37.6 Å². The Balaban J connectivity index is 1.76. The Bertz CT molecular complexity index is 568. The van der Waals surface area contributed by atoms with Gasteiger partial charge in [0.15, 0.2) is 5.16 Å². The van der Waals surface area contributed by atoms with Crippen molar-refractivity contribution in [3.63, 3.8) is 0 Å². The maximum Gasteiger partial charge on any atom is 0.250 e. The zero-order valence-corrected chi connectivity index (χ0v) is 11.0. The van der Waals surface area contributed by atoms with E-state index in [9.17, 15) is 4.79 Å². The normalized spacial score (nSPS) is 10.8. The lowest BCUT2D eigenvalue weighted by Gasteiger charge is -1.99. The summed E-state index contributed by atoms with van der Waals surface area (Å²) in [7, 11) is 1.82. The average Bonchev–Trinajstić information content (AvgIpc) is 2.83. The van der Waals surface area contributed by atoms with E-state index in [2.05, 4.69) is 25.7 Å². The Hall–Kier alpha value is -2.22. The number of carbonyl (C=O) groups excluding carboxylic acids is 1. The molecule has 0 saturated heterocycles. The first-order chi connectivity index (χ1) is 9.25. The van der Waals surface area contributed by atoms with Crippen molar-refractivity contribution in [1.29, 1.82) is 0 Å². The molecular formula is C11H12N6OS. The van der Waals surface area contributed by atoms with Gasteiger partial charge in [-0.3, -0.25) is 9.78 Å². The summed E-state index contributed by atoms with van der Waals surface area (Å²) >= 11 is 1.30. The molecule has 2 heterocycles. The van der Waals surface area contributed by atoms with Gasteiger partial charge in [-0.2, -0.15) is 5.10 Å². The minimum atomic E-state index is -0.208. The highest BCUT2D eigenvalue weighted by Gasteiger charge is 2.05. The number of pyridine rings is 1. The predicted molar refractivity (Wildman–Crippen MR) is 71.7 cm³/mol. The van der Waals surface area contributed by atoms with Crippen LogP contribution in [0, 0.1) is 0 Å². The van der Waals surface area contributed by atoms with Crippen molar-refractivity contribution in [3.05, 3.63) is 36.4 Å². The number of hydrogen-bond acceptors (Lipinski definition) is 6. The molecular weight excluding hydrogens is 264 g/mol. The van der Waals surface area contributed by atoms with Crippen molar-refractivity contribution in [2.75, 3.05) is 5.75 Å². The summed E-state index contributed by atoms with van der Waals surface area (Å²) in [5.74, 6) is 0.0201.